The third-order valence-corrected chi connectivity index (χ3v) is 4.98. The van der Waals surface area contributed by atoms with E-state index in [1.807, 2.05) is 67.6 Å². The Balaban J connectivity index is 1.71. The number of nitrogens with zero attached hydrogens (tertiary/aromatic N) is 4. The van der Waals surface area contributed by atoms with Crippen LogP contribution in [0.15, 0.2) is 70.3 Å². The van der Waals surface area contributed by atoms with Crippen LogP contribution < -0.4 is 4.74 Å². The van der Waals surface area contributed by atoms with Gasteiger partial charge in [0.1, 0.15) is 11.5 Å². The summed E-state index contributed by atoms with van der Waals surface area (Å²) in [4.78, 5) is 0. The summed E-state index contributed by atoms with van der Waals surface area (Å²) < 4.78 is 12.5. The number of thioether (sulfide) groups is 1. The van der Waals surface area contributed by atoms with Crippen molar-refractivity contribution in [3.8, 4) is 22.8 Å². The van der Waals surface area contributed by atoms with E-state index in [-0.39, 0.29) is 0 Å². The van der Waals surface area contributed by atoms with Crippen LogP contribution in [-0.4, -0.2) is 27.0 Å². The van der Waals surface area contributed by atoms with Crippen molar-refractivity contribution in [2.24, 2.45) is 0 Å². The minimum absolute atomic E-state index is 0.658. The quantitative estimate of drug-likeness (QED) is 0.459. The lowest BCUT2D eigenvalue weighted by molar-refractivity contribution is 0.393. The molecule has 6 nitrogen and oxygen atoms in total. The van der Waals surface area contributed by atoms with E-state index in [0.29, 0.717) is 5.75 Å². The zero-order valence-corrected chi connectivity index (χ0v) is 15.8. The SMILES string of the molecule is COc1ccc(-c2nnc(SCc3cc(C)on3)n2-c2ccccc2)cc1. The highest BCUT2D eigenvalue weighted by atomic mass is 32.2. The number of aromatic nitrogens is 4. The topological polar surface area (TPSA) is 66.0 Å². The second kappa shape index (κ2) is 7.67. The number of hydrogen-bond acceptors (Lipinski definition) is 6. The van der Waals surface area contributed by atoms with Crippen molar-refractivity contribution >= 4 is 11.8 Å². The molecule has 27 heavy (non-hydrogen) atoms. The summed E-state index contributed by atoms with van der Waals surface area (Å²) in [5, 5.41) is 13.7. The van der Waals surface area contributed by atoms with Gasteiger partial charge >= 0.3 is 0 Å². The predicted molar refractivity (Wildman–Crippen MR) is 104 cm³/mol. The third-order valence-electron chi connectivity index (χ3n) is 4.02. The maximum Gasteiger partial charge on any atom is 0.196 e. The van der Waals surface area contributed by atoms with Gasteiger partial charge < -0.3 is 9.26 Å². The molecule has 0 bridgehead atoms. The average Bonchev–Trinajstić information content (AvgIpc) is 3.33. The molecule has 0 N–H and O–H groups in total. The van der Waals surface area contributed by atoms with Gasteiger partial charge in [0.05, 0.1) is 12.8 Å². The molecular weight excluding hydrogens is 360 g/mol. The standard InChI is InChI=1S/C20H18N4O2S/c1-14-12-16(23-26-14)13-27-20-22-21-19(15-8-10-18(25-2)11-9-15)24(20)17-6-4-3-5-7-17/h3-12H,13H2,1-2H3. The van der Waals surface area contributed by atoms with Crippen LogP contribution in [-0.2, 0) is 5.75 Å². The maximum atomic E-state index is 5.25. The predicted octanol–water partition coefficient (Wildman–Crippen LogP) is 4.53. The molecule has 0 aliphatic carbocycles. The summed E-state index contributed by atoms with van der Waals surface area (Å²) in [6.45, 7) is 1.88. The summed E-state index contributed by atoms with van der Waals surface area (Å²) in [5.74, 6) is 3.04. The third kappa shape index (κ3) is 3.73. The lowest BCUT2D eigenvalue weighted by Crippen LogP contribution is -1.99. The Labute approximate surface area is 161 Å². The molecule has 0 aliphatic heterocycles. The maximum absolute atomic E-state index is 5.25. The van der Waals surface area contributed by atoms with Crippen molar-refractivity contribution in [2.45, 2.75) is 17.8 Å². The monoisotopic (exact) mass is 378 g/mol. The number of hydrogen-bond donors (Lipinski definition) is 0. The summed E-state index contributed by atoms with van der Waals surface area (Å²) in [7, 11) is 1.65. The molecule has 0 amide bonds. The second-order valence-electron chi connectivity index (χ2n) is 5.92. The van der Waals surface area contributed by atoms with Gasteiger partial charge in [-0.05, 0) is 43.3 Å². The van der Waals surface area contributed by atoms with Crippen molar-refractivity contribution in [1.29, 1.82) is 0 Å². The minimum atomic E-state index is 0.658. The lowest BCUT2D eigenvalue weighted by Gasteiger charge is -2.10. The van der Waals surface area contributed by atoms with Crippen LogP contribution in [0.3, 0.4) is 0 Å². The van der Waals surface area contributed by atoms with Crippen LogP contribution in [0.25, 0.3) is 17.1 Å². The van der Waals surface area contributed by atoms with E-state index in [1.165, 1.54) is 0 Å². The van der Waals surface area contributed by atoms with Crippen LogP contribution in [0.2, 0.25) is 0 Å². The molecule has 0 atom stereocenters. The first kappa shape index (κ1) is 17.4. The van der Waals surface area contributed by atoms with Crippen molar-refractivity contribution in [1.82, 2.24) is 19.9 Å². The van der Waals surface area contributed by atoms with Crippen molar-refractivity contribution in [3.05, 3.63) is 72.1 Å². The molecule has 2 heterocycles. The zero-order chi connectivity index (χ0) is 18.6. The zero-order valence-electron chi connectivity index (χ0n) is 15.0. The molecule has 0 spiro atoms. The highest BCUT2D eigenvalue weighted by molar-refractivity contribution is 7.98. The molecule has 0 aliphatic rings. The minimum Gasteiger partial charge on any atom is -0.497 e. The molecule has 136 valence electrons. The van der Waals surface area contributed by atoms with E-state index in [9.17, 15) is 0 Å². The lowest BCUT2D eigenvalue weighted by atomic mass is 10.2. The number of benzene rings is 2. The summed E-state index contributed by atoms with van der Waals surface area (Å²) in [6.07, 6.45) is 0. The summed E-state index contributed by atoms with van der Waals surface area (Å²) >= 11 is 1.57. The molecule has 0 radical (unpaired) electrons. The smallest absolute Gasteiger partial charge is 0.196 e. The molecule has 2 aromatic heterocycles. The summed E-state index contributed by atoms with van der Waals surface area (Å²) in [5.41, 5.74) is 2.86. The van der Waals surface area contributed by atoms with Gasteiger partial charge in [0.15, 0.2) is 11.0 Å². The van der Waals surface area contributed by atoms with Gasteiger partial charge in [0.2, 0.25) is 0 Å². The number of methoxy groups -OCH3 is 1. The second-order valence-corrected chi connectivity index (χ2v) is 6.87. The number of rotatable bonds is 6. The first-order chi connectivity index (χ1) is 13.2. The number of aryl methyl sites for hydroxylation is 1. The van der Waals surface area contributed by atoms with Gasteiger partial charge in [0.25, 0.3) is 0 Å². The fraction of sp³-hybridized carbons (Fsp3) is 0.150. The van der Waals surface area contributed by atoms with Gasteiger partial charge in [-0.3, -0.25) is 4.57 Å². The van der Waals surface area contributed by atoms with Gasteiger partial charge in [-0.1, -0.05) is 35.1 Å². The Morgan fingerprint density at radius 2 is 1.81 bits per heavy atom. The van der Waals surface area contributed by atoms with Crippen LogP contribution >= 0.6 is 11.8 Å². The van der Waals surface area contributed by atoms with E-state index < -0.39 is 0 Å². The molecule has 4 rings (SSSR count). The van der Waals surface area contributed by atoms with E-state index in [2.05, 4.69) is 19.9 Å². The highest BCUT2D eigenvalue weighted by Crippen LogP contribution is 2.30. The van der Waals surface area contributed by atoms with Crippen molar-refractivity contribution in [2.75, 3.05) is 7.11 Å². The van der Waals surface area contributed by atoms with E-state index in [0.717, 1.165) is 39.4 Å². The Morgan fingerprint density at radius 1 is 1.04 bits per heavy atom. The van der Waals surface area contributed by atoms with Gasteiger partial charge in [-0.25, -0.2) is 0 Å². The molecule has 0 saturated heterocycles. The normalized spacial score (nSPS) is 10.9. The van der Waals surface area contributed by atoms with E-state index in [1.54, 1.807) is 18.9 Å². The van der Waals surface area contributed by atoms with Crippen LogP contribution in [0.1, 0.15) is 11.5 Å². The van der Waals surface area contributed by atoms with E-state index >= 15 is 0 Å². The fourth-order valence-corrected chi connectivity index (χ4v) is 3.56. The Morgan fingerprint density at radius 3 is 2.48 bits per heavy atom. The summed E-state index contributed by atoms with van der Waals surface area (Å²) in [6, 6.07) is 19.8. The van der Waals surface area contributed by atoms with Gasteiger partial charge in [-0.2, -0.15) is 0 Å². The van der Waals surface area contributed by atoms with Crippen LogP contribution in [0.4, 0.5) is 0 Å². The average molecular weight is 378 g/mol. The Bertz CT molecular complexity index is 1030. The molecule has 4 aromatic rings. The number of ether oxygens (including phenoxy) is 1. The van der Waals surface area contributed by atoms with Crippen molar-refractivity contribution in [3.63, 3.8) is 0 Å². The first-order valence-corrected chi connectivity index (χ1v) is 9.43. The number of para-hydroxylation sites is 1. The molecule has 7 heteroatoms. The van der Waals surface area contributed by atoms with Crippen molar-refractivity contribution < 1.29 is 9.26 Å². The first-order valence-electron chi connectivity index (χ1n) is 8.45. The molecule has 2 aromatic carbocycles. The van der Waals surface area contributed by atoms with Crippen LogP contribution in [0, 0.1) is 6.92 Å². The largest absolute Gasteiger partial charge is 0.497 e. The van der Waals surface area contributed by atoms with Gasteiger partial charge in [0, 0.05) is 23.1 Å². The Kier molecular flexibility index (Phi) is 4.93. The molecule has 0 saturated carbocycles. The molecule has 0 unspecified atom stereocenters. The fourth-order valence-electron chi connectivity index (χ4n) is 2.72. The Hall–Kier alpha value is -3.06. The highest BCUT2D eigenvalue weighted by Gasteiger charge is 2.17. The molecular formula is C20H18N4O2S. The molecule has 0 fully saturated rings. The van der Waals surface area contributed by atoms with Gasteiger partial charge in [-0.15, -0.1) is 10.2 Å². The van der Waals surface area contributed by atoms with E-state index in [4.69, 9.17) is 9.26 Å². The van der Waals surface area contributed by atoms with Crippen LogP contribution in [0.5, 0.6) is 5.75 Å².